The summed E-state index contributed by atoms with van der Waals surface area (Å²) in [6.07, 6.45) is -2.27. The summed E-state index contributed by atoms with van der Waals surface area (Å²) in [5, 5.41) is 3.85. The second kappa shape index (κ2) is 8.66. The van der Waals surface area contributed by atoms with E-state index in [4.69, 9.17) is 26.9 Å². The van der Waals surface area contributed by atoms with E-state index in [1.54, 1.807) is 0 Å². The van der Waals surface area contributed by atoms with Gasteiger partial charge < -0.3 is 20.3 Å². The lowest BCUT2D eigenvalue weighted by Gasteiger charge is -2.29. The van der Waals surface area contributed by atoms with E-state index in [1.165, 1.54) is 0 Å². The van der Waals surface area contributed by atoms with E-state index in [0.717, 1.165) is 12.0 Å². The summed E-state index contributed by atoms with van der Waals surface area (Å²) in [6.45, 7) is -3.46. The monoisotopic (exact) mass is 471 g/mol. The lowest BCUT2D eigenvalue weighted by atomic mass is 10.0. The van der Waals surface area contributed by atoms with Crippen molar-refractivity contribution in [3.05, 3.63) is 65.3 Å². The Kier molecular flexibility index (Phi) is 3.01. The maximum absolute atomic E-state index is 14.3. The summed E-state index contributed by atoms with van der Waals surface area (Å²) < 4.78 is 109. The number of carbonyl (C=O) groups excluding carboxylic acids is 3. The Hall–Kier alpha value is -4.14. The van der Waals surface area contributed by atoms with Crippen LogP contribution in [0.1, 0.15) is 62.3 Å². The zero-order valence-corrected chi connectivity index (χ0v) is 17.8. The van der Waals surface area contributed by atoms with E-state index >= 15 is 0 Å². The van der Waals surface area contributed by atoms with Gasteiger partial charge in [0.25, 0.3) is 11.8 Å². The summed E-state index contributed by atoms with van der Waals surface area (Å²) in [5.41, 5.74) is 0.329. The van der Waals surface area contributed by atoms with E-state index in [0.29, 0.717) is 17.5 Å². The average Bonchev–Trinajstić information content (AvgIpc) is 3.39. The number of aromatic nitrogens is 2. The number of nitrogens with two attached hydrogens (primary N) is 1. The SMILES string of the molecule is [2H]c1c([2H])c(-n2nc(C(N)=O)c3c2C(=O)N(c2c([2H])c([2H])c(N4CCCCC4=O)c([2H])c2[2H])C([2H])([2H])C3([2H])[2H])c([2H])c([2H])c1OC. The summed E-state index contributed by atoms with van der Waals surface area (Å²) >= 11 is 0. The molecule has 1 aromatic heterocycles. The molecule has 2 aliphatic rings. The molecule has 2 aliphatic heterocycles. The maximum atomic E-state index is 14.3. The Morgan fingerprint density at radius 2 is 1.68 bits per heavy atom. The molecule has 2 aromatic carbocycles. The maximum Gasteiger partial charge on any atom is 0.277 e. The first-order valence-electron chi connectivity index (χ1n) is 16.2. The van der Waals surface area contributed by atoms with Crippen LogP contribution >= 0.6 is 0 Å². The molecule has 5 rings (SSSR count). The molecule has 0 radical (unpaired) electrons. The molecule has 0 atom stereocenters. The Bertz CT molecular complexity index is 1820. The van der Waals surface area contributed by atoms with Crippen LogP contribution in [0.3, 0.4) is 0 Å². The third-order valence-electron chi connectivity index (χ3n) is 5.24. The van der Waals surface area contributed by atoms with Crippen molar-refractivity contribution in [1.82, 2.24) is 9.78 Å². The molecule has 2 N–H and O–H groups in total. The van der Waals surface area contributed by atoms with E-state index in [-0.39, 0.29) is 17.9 Å². The largest absolute Gasteiger partial charge is 0.497 e. The second-order valence-electron chi connectivity index (χ2n) is 7.31. The van der Waals surface area contributed by atoms with Gasteiger partial charge in [-0.3, -0.25) is 14.4 Å². The van der Waals surface area contributed by atoms with Crippen LogP contribution in [-0.2, 0) is 11.2 Å². The number of hydrogen-bond acceptors (Lipinski definition) is 5. The predicted molar refractivity (Wildman–Crippen MR) is 127 cm³/mol. The predicted octanol–water partition coefficient (Wildman–Crippen LogP) is 2.70. The summed E-state index contributed by atoms with van der Waals surface area (Å²) in [6, 6.07) is -6.72. The van der Waals surface area contributed by atoms with E-state index in [2.05, 4.69) is 5.10 Å². The molecule has 1 saturated heterocycles. The van der Waals surface area contributed by atoms with Crippen molar-refractivity contribution in [1.29, 1.82) is 0 Å². The van der Waals surface area contributed by atoms with Gasteiger partial charge in [0.1, 0.15) is 11.4 Å². The highest BCUT2D eigenvalue weighted by Gasteiger charge is 2.34. The van der Waals surface area contributed by atoms with Crippen molar-refractivity contribution in [2.24, 2.45) is 5.73 Å². The van der Waals surface area contributed by atoms with Gasteiger partial charge in [-0.25, -0.2) is 4.68 Å². The van der Waals surface area contributed by atoms with Crippen LogP contribution < -0.4 is 20.3 Å². The summed E-state index contributed by atoms with van der Waals surface area (Å²) in [7, 11) is 1.09. The molecule has 9 heteroatoms. The number of hydrogen-bond donors (Lipinski definition) is 1. The molecule has 3 amide bonds. The zero-order valence-electron chi connectivity index (χ0n) is 29.8. The van der Waals surface area contributed by atoms with Crippen molar-refractivity contribution < 1.29 is 35.6 Å². The smallest absolute Gasteiger partial charge is 0.277 e. The number of methoxy groups -OCH3 is 1. The Labute approximate surface area is 213 Å². The molecule has 174 valence electrons. The lowest BCUT2D eigenvalue weighted by molar-refractivity contribution is -0.119. The molecular weight excluding hydrogens is 434 g/mol. The standard InChI is InChI=1S/C25H25N5O4/c1-34-19-11-9-18(10-12-19)30-23-20(22(27-30)24(26)32)13-15-29(25(23)33)17-7-5-16(6-8-17)28-14-3-2-4-21(28)31/h5-12H,2-4,13-15H2,1H3,(H2,26,32)/i5D,6D,7D,8D,9D,10D,11D,12D,13D2,15D2. The number of piperidine rings is 1. The van der Waals surface area contributed by atoms with Gasteiger partial charge in [0, 0.05) is 39.1 Å². The number of amides is 3. The highest BCUT2D eigenvalue weighted by molar-refractivity contribution is 6.09. The first-order valence-corrected chi connectivity index (χ1v) is 10.2. The minimum absolute atomic E-state index is 0.0286. The lowest BCUT2D eigenvalue weighted by Crippen LogP contribution is -2.39. The van der Waals surface area contributed by atoms with Crippen LogP contribution in [0.5, 0.6) is 5.75 Å². The number of rotatable bonds is 5. The Morgan fingerprint density at radius 1 is 1.03 bits per heavy atom. The number of anilines is 2. The van der Waals surface area contributed by atoms with Crippen LogP contribution in [0.4, 0.5) is 11.4 Å². The van der Waals surface area contributed by atoms with Crippen LogP contribution in [0.15, 0.2) is 48.3 Å². The zero-order chi connectivity index (χ0) is 34.4. The van der Waals surface area contributed by atoms with Gasteiger partial charge >= 0.3 is 0 Å². The second-order valence-corrected chi connectivity index (χ2v) is 7.31. The average molecular weight is 472 g/mol. The van der Waals surface area contributed by atoms with E-state index in [9.17, 15) is 14.4 Å². The van der Waals surface area contributed by atoms with Gasteiger partial charge in [-0.2, -0.15) is 5.10 Å². The molecule has 0 aliphatic carbocycles. The number of carbonyl (C=O) groups is 3. The highest BCUT2D eigenvalue weighted by atomic mass is 16.5. The molecule has 0 bridgehead atoms. The van der Waals surface area contributed by atoms with Crippen molar-refractivity contribution in [2.75, 3.05) is 30.0 Å². The fourth-order valence-corrected chi connectivity index (χ4v) is 3.58. The number of fused-ring (bicyclic) bond motifs is 1. The van der Waals surface area contributed by atoms with Crippen molar-refractivity contribution >= 4 is 29.1 Å². The van der Waals surface area contributed by atoms with E-state index < -0.39 is 119 Å². The molecule has 3 aromatic rings. The molecule has 3 heterocycles. The van der Waals surface area contributed by atoms with Gasteiger partial charge in [0.2, 0.25) is 5.91 Å². The first-order chi connectivity index (χ1) is 21.3. The molecule has 0 spiro atoms. The number of ether oxygens (including phenoxy) is 1. The summed E-state index contributed by atoms with van der Waals surface area (Å²) in [5.74, 6) is -3.94. The fourth-order valence-electron chi connectivity index (χ4n) is 3.58. The third kappa shape index (κ3) is 3.68. The summed E-state index contributed by atoms with van der Waals surface area (Å²) in [4.78, 5) is 40.5. The van der Waals surface area contributed by atoms with Crippen LogP contribution in [0.2, 0.25) is 0 Å². The number of primary amides is 1. The van der Waals surface area contributed by atoms with Crippen molar-refractivity contribution in [3.8, 4) is 11.4 Å². The van der Waals surface area contributed by atoms with Gasteiger partial charge in [0.05, 0.1) is 26.5 Å². The topological polar surface area (TPSA) is 111 Å². The molecule has 9 nitrogen and oxygen atoms in total. The van der Waals surface area contributed by atoms with Gasteiger partial charge in [0.15, 0.2) is 5.69 Å². The molecule has 34 heavy (non-hydrogen) atoms. The minimum atomic E-state index is -3.54. The van der Waals surface area contributed by atoms with Gasteiger partial charge in [-0.05, 0) is 67.6 Å². The quantitative estimate of drug-likeness (QED) is 0.615. The third-order valence-corrected chi connectivity index (χ3v) is 5.24. The van der Waals surface area contributed by atoms with E-state index in [1.807, 2.05) is 0 Å². The van der Waals surface area contributed by atoms with Gasteiger partial charge in [-0.15, -0.1) is 0 Å². The van der Waals surface area contributed by atoms with Crippen molar-refractivity contribution in [2.45, 2.75) is 25.6 Å². The molecule has 0 saturated carbocycles. The molecule has 1 fully saturated rings. The van der Waals surface area contributed by atoms with Crippen LogP contribution in [-0.4, -0.2) is 47.7 Å². The Morgan fingerprint density at radius 3 is 2.29 bits per heavy atom. The Balaban J connectivity index is 1.86. The number of nitrogens with zero attached hydrogens (tertiary/aromatic N) is 4. The fraction of sp³-hybridized carbons (Fsp3) is 0.280. The van der Waals surface area contributed by atoms with Crippen LogP contribution in [0, 0.1) is 0 Å². The highest BCUT2D eigenvalue weighted by Crippen LogP contribution is 2.31. The van der Waals surface area contributed by atoms with Gasteiger partial charge in [-0.1, -0.05) is 0 Å². The normalized spacial score (nSPS) is 23.9. The van der Waals surface area contributed by atoms with Crippen LogP contribution in [0.25, 0.3) is 5.69 Å². The molecular formula is C25H25N5O4. The first kappa shape index (κ1) is 11.8. The minimum Gasteiger partial charge on any atom is -0.497 e. The number of benzene rings is 2. The van der Waals surface area contributed by atoms with Crippen molar-refractivity contribution in [3.63, 3.8) is 0 Å². The molecule has 0 unspecified atom stereocenters.